The van der Waals surface area contributed by atoms with E-state index in [1.807, 2.05) is 26.8 Å². The van der Waals surface area contributed by atoms with Crippen molar-refractivity contribution in [3.63, 3.8) is 0 Å². The van der Waals surface area contributed by atoms with E-state index in [-0.39, 0.29) is 12.1 Å². The summed E-state index contributed by atoms with van der Waals surface area (Å²) in [6.07, 6.45) is -0.106. The van der Waals surface area contributed by atoms with Gasteiger partial charge in [0.15, 0.2) is 0 Å². The van der Waals surface area contributed by atoms with Gasteiger partial charge >= 0.3 is 5.97 Å². The monoisotopic (exact) mass is 193 g/mol. The molecule has 0 amide bonds. The molecule has 3 heteroatoms. The van der Waals surface area contributed by atoms with Crippen LogP contribution >= 0.6 is 0 Å². The van der Waals surface area contributed by atoms with Crippen molar-refractivity contribution in [2.45, 2.75) is 26.9 Å². The van der Waals surface area contributed by atoms with Crippen LogP contribution in [0.5, 0.6) is 0 Å². The molecule has 0 bridgehead atoms. The number of nitrogen functional groups attached to an aromatic ring is 1. The van der Waals surface area contributed by atoms with Crippen LogP contribution in [0.1, 0.15) is 29.8 Å². The van der Waals surface area contributed by atoms with Crippen LogP contribution in [0.25, 0.3) is 0 Å². The molecule has 1 aromatic carbocycles. The molecule has 0 radical (unpaired) electrons. The standard InChI is InChI=1S/C11H15NO2/c1-7(2)14-11(13)9-5-4-8(3)10(12)6-9/h4-7H,12H2,1-3H3. The van der Waals surface area contributed by atoms with Gasteiger partial charge in [-0.25, -0.2) is 4.79 Å². The molecule has 0 aromatic heterocycles. The van der Waals surface area contributed by atoms with E-state index in [4.69, 9.17) is 10.5 Å². The van der Waals surface area contributed by atoms with Gasteiger partial charge in [0, 0.05) is 5.69 Å². The number of carbonyl (C=O) groups is 1. The van der Waals surface area contributed by atoms with E-state index in [1.54, 1.807) is 12.1 Å². The molecule has 0 atom stereocenters. The first-order valence-electron chi connectivity index (χ1n) is 4.58. The van der Waals surface area contributed by atoms with Crippen LogP contribution < -0.4 is 5.73 Å². The summed E-state index contributed by atoms with van der Waals surface area (Å²) in [5, 5.41) is 0. The Morgan fingerprint density at radius 2 is 2.07 bits per heavy atom. The third-order valence-corrected chi connectivity index (χ3v) is 1.86. The van der Waals surface area contributed by atoms with Gasteiger partial charge in [-0.3, -0.25) is 0 Å². The zero-order valence-electron chi connectivity index (χ0n) is 8.70. The lowest BCUT2D eigenvalue weighted by atomic mass is 10.1. The summed E-state index contributed by atoms with van der Waals surface area (Å²) in [4.78, 5) is 11.4. The SMILES string of the molecule is Cc1ccc(C(=O)OC(C)C)cc1N. The number of anilines is 1. The van der Waals surface area contributed by atoms with Crippen molar-refractivity contribution < 1.29 is 9.53 Å². The van der Waals surface area contributed by atoms with Gasteiger partial charge in [0.1, 0.15) is 0 Å². The van der Waals surface area contributed by atoms with E-state index in [0.717, 1.165) is 5.56 Å². The van der Waals surface area contributed by atoms with Gasteiger partial charge in [0.2, 0.25) is 0 Å². The average molecular weight is 193 g/mol. The number of esters is 1. The van der Waals surface area contributed by atoms with E-state index in [9.17, 15) is 4.79 Å². The first-order chi connectivity index (χ1) is 6.50. The summed E-state index contributed by atoms with van der Waals surface area (Å²) in [5.74, 6) is -0.327. The number of rotatable bonds is 2. The molecule has 1 aromatic rings. The maximum absolute atomic E-state index is 11.4. The predicted molar refractivity (Wildman–Crippen MR) is 56.1 cm³/mol. The number of nitrogens with two attached hydrogens (primary N) is 1. The molecule has 0 aliphatic heterocycles. The fourth-order valence-corrected chi connectivity index (χ4v) is 1.05. The Morgan fingerprint density at radius 1 is 1.43 bits per heavy atom. The number of carbonyl (C=O) groups excluding carboxylic acids is 1. The second kappa shape index (κ2) is 4.13. The molecular weight excluding hydrogens is 178 g/mol. The second-order valence-corrected chi connectivity index (χ2v) is 3.53. The molecule has 0 aliphatic rings. The zero-order valence-corrected chi connectivity index (χ0v) is 8.70. The Balaban J connectivity index is 2.86. The summed E-state index contributed by atoms with van der Waals surface area (Å²) < 4.78 is 5.04. The third kappa shape index (κ3) is 2.49. The Bertz CT molecular complexity index is 345. The number of aryl methyl sites for hydroxylation is 1. The molecule has 0 fully saturated rings. The van der Waals surface area contributed by atoms with Crippen LogP contribution in [0.15, 0.2) is 18.2 Å². The predicted octanol–water partition coefficient (Wildman–Crippen LogP) is 2.14. The van der Waals surface area contributed by atoms with Gasteiger partial charge in [0.05, 0.1) is 11.7 Å². The lowest BCUT2D eigenvalue weighted by Crippen LogP contribution is -2.11. The minimum atomic E-state index is -0.327. The molecule has 0 unspecified atom stereocenters. The summed E-state index contributed by atoms with van der Waals surface area (Å²) in [6.45, 7) is 5.53. The Labute approximate surface area is 83.9 Å². The highest BCUT2D eigenvalue weighted by Crippen LogP contribution is 2.14. The maximum atomic E-state index is 11.4. The molecule has 1 rings (SSSR count). The van der Waals surface area contributed by atoms with Crippen LogP contribution in [0, 0.1) is 6.92 Å². The minimum absolute atomic E-state index is 0.106. The molecule has 0 heterocycles. The van der Waals surface area contributed by atoms with Gasteiger partial charge in [-0.2, -0.15) is 0 Å². The quantitative estimate of drug-likeness (QED) is 0.578. The molecule has 3 nitrogen and oxygen atoms in total. The van der Waals surface area contributed by atoms with Gasteiger partial charge in [-0.05, 0) is 38.5 Å². The lowest BCUT2D eigenvalue weighted by Gasteiger charge is -2.08. The summed E-state index contributed by atoms with van der Waals surface area (Å²) in [5.41, 5.74) is 7.76. The summed E-state index contributed by atoms with van der Waals surface area (Å²) in [7, 11) is 0. The average Bonchev–Trinajstić information content (AvgIpc) is 2.08. The molecule has 0 spiro atoms. The highest BCUT2D eigenvalue weighted by molar-refractivity contribution is 5.90. The van der Waals surface area contributed by atoms with Crippen molar-refractivity contribution in [2.75, 3.05) is 5.73 Å². The van der Waals surface area contributed by atoms with E-state index in [0.29, 0.717) is 11.3 Å². The van der Waals surface area contributed by atoms with Crippen molar-refractivity contribution in [2.24, 2.45) is 0 Å². The van der Waals surface area contributed by atoms with Crippen molar-refractivity contribution >= 4 is 11.7 Å². The van der Waals surface area contributed by atoms with E-state index >= 15 is 0 Å². The van der Waals surface area contributed by atoms with Gasteiger partial charge in [-0.1, -0.05) is 6.07 Å². The van der Waals surface area contributed by atoms with E-state index in [2.05, 4.69) is 0 Å². The highest BCUT2D eigenvalue weighted by Gasteiger charge is 2.09. The fourth-order valence-electron chi connectivity index (χ4n) is 1.05. The second-order valence-electron chi connectivity index (χ2n) is 3.53. The van der Waals surface area contributed by atoms with Crippen molar-refractivity contribution in [1.29, 1.82) is 0 Å². The summed E-state index contributed by atoms with van der Waals surface area (Å²) >= 11 is 0. The Hall–Kier alpha value is -1.51. The molecule has 2 N–H and O–H groups in total. The maximum Gasteiger partial charge on any atom is 0.338 e. The normalized spacial score (nSPS) is 10.3. The van der Waals surface area contributed by atoms with Crippen LogP contribution in [0.3, 0.4) is 0 Å². The molecule has 0 aliphatic carbocycles. The minimum Gasteiger partial charge on any atom is -0.459 e. The Morgan fingerprint density at radius 3 is 2.57 bits per heavy atom. The van der Waals surface area contributed by atoms with Crippen LogP contribution in [0.4, 0.5) is 5.69 Å². The number of hydrogen-bond acceptors (Lipinski definition) is 3. The smallest absolute Gasteiger partial charge is 0.338 e. The summed E-state index contributed by atoms with van der Waals surface area (Å²) in [6, 6.07) is 5.17. The van der Waals surface area contributed by atoms with Gasteiger partial charge < -0.3 is 10.5 Å². The molecule has 0 saturated heterocycles. The van der Waals surface area contributed by atoms with Crippen LogP contribution in [-0.4, -0.2) is 12.1 Å². The first-order valence-corrected chi connectivity index (χ1v) is 4.58. The highest BCUT2D eigenvalue weighted by atomic mass is 16.5. The largest absolute Gasteiger partial charge is 0.459 e. The zero-order chi connectivity index (χ0) is 10.7. The molecule has 76 valence electrons. The van der Waals surface area contributed by atoms with Crippen molar-refractivity contribution in [1.82, 2.24) is 0 Å². The number of ether oxygens (including phenoxy) is 1. The number of benzene rings is 1. The van der Waals surface area contributed by atoms with E-state index < -0.39 is 0 Å². The first kappa shape index (κ1) is 10.6. The van der Waals surface area contributed by atoms with Crippen molar-refractivity contribution in [3.05, 3.63) is 29.3 Å². The van der Waals surface area contributed by atoms with Crippen LogP contribution in [-0.2, 0) is 4.74 Å². The van der Waals surface area contributed by atoms with E-state index in [1.165, 1.54) is 0 Å². The van der Waals surface area contributed by atoms with Gasteiger partial charge in [0.25, 0.3) is 0 Å². The molecule has 14 heavy (non-hydrogen) atoms. The number of hydrogen-bond donors (Lipinski definition) is 1. The Kier molecular flexibility index (Phi) is 3.12. The fraction of sp³-hybridized carbons (Fsp3) is 0.364. The lowest BCUT2D eigenvalue weighted by molar-refractivity contribution is 0.0378. The van der Waals surface area contributed by atoms with Crippen molar-refractivity contribution in [3.8, 4) is 0 Å². The molecular formula is C11H15NO2. The molecule has 0 saturated carbocycles. The topological polar surface area (TPSA) is 52.3 Å². The van der Waals surface area contributed by atoms with Gasteiger partial charge in [-0.15, -0.1) is 0 Å². The third-order valence-electron chi connectivity index (χ3n) is 1.86. The van der Waals surface area contributed by atoms with Crippen LogP contribution in [0.2, 0.25) is 0 Å².